The van der Waals surface area contributed by atoms with Gasteiger partial charge in [0.2, 0.25) is 0 Å². The first-order valence-corrected chi connectivity index (χ1v) is 7.62. The fourth-order valence-corrected chi connectivity index (χ4v) is 3.88. The topological polar surface area (TPSA) is 0 Å². The van der Waals surface area contributed by atoms with E-state index in [0.717, 1.165) is 0 Å². The van der Waals surface area contributed by atoms with Crippen LogP contribution in [0.3, 0.4) is 0 Å². The third-order valence-electron chi connectivity index (χ3n) is 3.83. The van der Waals surface area contributed by atoms with Gasteiger partial charge in [-0.25, -0.2) is 0 Å². The second-order valence-electron chi connectivity index (χ2n) is 5.12. The zero-order chi connectivity index (χ0) is 13.5. The first kappa shape index (κ1) is 11.7. The van der Waals surface area contributed by atoms with Gasteiger partial charge in [0.15, 0.2) is 0 Å². The van der Waals surface area contributed by atoms with Crippen molar-refractivity contribution in [2.75, 3.05) is 0 Å². The highest BCUT2D eigenvalue weighted by Gasteiger charge is 2.07. The molecule has 0 aliphatic rings. The number of fused-ring (bicyclic) bond motifs is 3. The Labute approximate surface area is 122 Å². The number of thiophene rings is 1. The van der Waals surface area contributed by atoms with Crippen LogP contribution in [0.15, 0.2) is 66.7 Å². The van der Waals surface area contributed by atoms with Crippen molar-refractivity contribution in [2.45, 2.75) is 6.92 Å². The van der Waals surface area contributed by atoms with E-state index in [1.54, 1.807) is 0 Å². The highest BCUT2D eigenvalue weighted by Crippen LogP contribution is 2.36. The monoisotopic (exact) mass is 274 g/mol. The van der Waals surface area contributed by atoms with Crippen LogP contribution in [0.25, 0.3) is 31.3 Å². The minimum atomic E-state index is 1.30. The van der Waals surface area contributed by atoms with Crippen LogP contribution in [0.2, 0.25) is 0 Å². The summed E-state index contributed by atoms with van der Waals surface area (Å²) in [5.41, 5.74) is 3.95. The molecule has 0 fully saturated rings. The summed E-state index contributed by atoms with van der Waals surface area (Å²) in [6, 6.07) is 24.0. The van der Waals surface area contributed by atoms with Gasteiger partial charge in [-0.1, -0.05) is 48.5 Å². The fraction of sp³-hybridized carbons (Fsp3) is 0.0526. The van der Waals surface area contributed by atoms with E-state index in [0.29, 0.717) is 0 Å². The summed E-state index contributed by atoms with van der Waals surface area (Å²) in [6.45, 7) is 2.17. The Kier molecular flexibility index (Phi) is 2.61. The zero-order valence-electron chi connectivity index (χ0n) is 11.3. The second kappa shape index (κ2) is 4.46. The Hall–Kier alpha value is -2.12. The molecule has 3 aromatic carbocycles. The highest BCUT2D eigenvalue weighted by molar-refractivity contribution is 7.25. The van der Waals surface area contributed by atoms with E-state index in [-0.39, 0.29) is 0 Å². The Bertz CT molecular complexity index is 915. The molecular formula is C19H14S. The lowest BCUT2D eigenvalue weighted by Gasteiger charge is -2.05. The normalized spacial score (nSPS) is 11.2. The SMILES string of the molecule is Cc1ccccc1-c1ccc2sc3ccccc3c2c1. The maximum absolute atomic E-state index is 2.33. The van der Waals surface area contributed by atoms with Gasteiger partial charge in [-0.3, -0.25) is 0 Å². The molecule has 0 nitrogen and oxygen atoms in total. The van der Waals surface area contributed by atoms with E-state index in [2.05, 4.69) is 73.7 Å². The van der Waals surface area contributed by atoms with Crippen molar-refractivity contribution in [1.82, 2.24) is 0 Å². The number of rotatable bonds is 1. The predicted octanol–water partition coefficient (Wildman–Crippen LogP) is 6.03. The molecule has 0 saturated carbocycles. The van der Waals surface area contributed by atoms with E-state index in [1.165, 1.54) is 36.9 Å². The maximum atomic E-state index is 2.33. The third kappa shape index (κ3) is 1.75. The second-order valence-corrected chi connectivity index (χ2v) is 6.21. The molecule has 0 radical (unpaired) electrons. The molecule has 0 aliphatic heterocycles. The molecule has 20 heavy (non-hydrogen) atoms. The van der Waals surface area contributed by atoms with Crippen LogP contribution in [0.5, 0.6) is 0 Å². The molecule has 0 saturated heterocycles. The van der Waals surface area contributed by atoms with Gasteiger partial charge in [0.05, 0.1) is 0 Å². The summed E-state index contributed by atoms with van der Waals surface area (Å²) < 4.78 is 2.73. The standard InChI is InChI=1S/C19H14S/c1-13-6-2-3-7-15(13)14-10-11-19-17(12-14)16-8-4-5-9-18(16)20-19/h2-12H,1H3. The lowest BCUT2D eigenvalue weighted by Crippen LogP contribution is -1.81. The summed E-state index contributed by atoms with van der Waals surface area (Å²) in [4.78, 5) is 0. The molecule has 0 bridgehead atoms. The molecule has 0 spiro atoms. The van der Waals surface area contributed by atoms with Crippen molar-refractivity contribution in [3.63, 3.8) is 0 Å². The van der Waals surface area contributed by atoms with Gasteiger partial charge >= 0.3 is 0 Å². The molecular weight excluding hydrogens is 260 g/mol. The third-order valence-corrected chi connectivity index (χ3v) is 4.98. The largest absolute Gasteiger partial charge is 0.135 e. The summed E-state index contributed by atoms with van der Waals surface area (Å²) in [6.07, 6.45) is 0. The molecule has 1 heteroatoms. The van der Waals surface area contributed by atoms with Crippen molar-refractivity contribution in [2.24, 2.45) is 0 Å². The summed E-state index contributed by atoms with van der Waals surface area (Å²) in [5, 5.41) is 2.73. The van der Waals surface area contributed by atoms with Crippen molar-refractivity contribution < 1.29 is 0 Å². The maximum Gasteiger partial charge on any atom is 0.0355 e. The van der Waals surface area contributed by atoms with Crippen molar-refractivity contribution in [3.05, 3.63) is 72.3 Å². The van der Waals surface area contributed by atoms with Crippen LogP contribution >= 0.6 is 11.3 Å². The average molecular weight is 274 g/mol. The number of hydrogen-bond acceptors (Lipinski definition) is 1. The van der Waals surface area contributed by atoms with Gasteiger partial charge in [-0.15, -0.1) is 11.3 Å². The van der Waals surface area contributed by atoms with Gasteiger partial charge in [0.25, 0.3) is 0 Å². The minimum absolute atomic E-state index is 1.30. The Morgan fingerprint density at radius 2 is 1.45 bits per heavy atom. The molecule has 0 N–H and O–H groups in total. The van der Waals surface area contributed by atoms with Crippen molar-refractivity contribution in [1.29, 1.82) is 0 Å². The predicted molar refractivity (Wildman–Crippen MR) is 89.5 cm³/mol. The molecule has 0 amide bonds. The van der Waals surface area contributed by atoms with Gasteiger partial charge in [-0.05, 0) is 41.8 Å². The molecule has 0 atom stereocenters. The zero-order valence-corrected chi connectivity index (χ0v) is 12.1. The molecule has 0 aliphatic carbocycles. The number of benzene rings is 3. The fourth-order valence-electron chi connectivity index (χ4n) is 2.79. The van der Waals surface area contributed by atoms with Crippen LogP contribution in [0.1, 0.15) is 5.56 Å². The molecule has 1 aromatic heterocycles. The lowest BCUT2D eigenvalue weighted by molar-refractivity contribution is 1.46. The summed E-state index contributed by atoms with van der Waals surface area (Å²) in [7, 11) is 0. The van der Waals surface area contributed by atoms with Crippen LogP contribution in [0.4, 0.5) is 0 Å². The summed E-state index contributed by atoms with van der Waals surface area (Å²) >= 11 is 1.87. The van der Waals surface area contributed by atoms with E-state index in [4.69, 9.17) is 0 Å². The smallest absolute Gasteiger partial charge is 0.0355 e. The van der Waals surface area contributed by atoms with E-state index in [9.17, 15) is 0 Å². The number of aryl methyl sites for hydroxylation is 1. The van der Waals surface area contributed by atoms with Gasteiger partial charge < -0.3 is 0 Å². The van der Waals surface area contributed by atoms with E-state index in [1.807, 2.05) is 11.3 Å². The molecule has 1 heterocycles. The molecule has 0 unspecified atom stereocenters. The van der Waals surface area contributed by atoms with Crippen molar-refractivity contribution in [3.8, 4) is 11.1 Å². The number of hydrogen-bond donors (Lipinski definition) is 0. The van der Waals surface area contributed by atoms with Crippen LogP contribution in [-0.2, 0) is 0 Å². The van der Waals surface area contributed by atoms with Gasteiger partial charge in [0, 0.05) is 20.2 Å². The quantitative estimate of drug-likeness (QED) is 0.397. The average Bonchev–Trinajstić information content (AvgIpc) is 2.85. The molecule has 96 valence electrons. The van der Waals surface area contributed by atoms with E-state index < -0.39 is 0 Å². The Balaban J connectivity index is 2.03. The van der Waals surface area contributed by atoms with E-state index >= 15 is 0 Å². The van der Waals surface area contributed by atoms with Crippen LogP contribution in [0, 0.1) is 6.92 Å². The van der Waals surface area contributed by atoms with Crippen LogP contribution in [-0.4, -0.2) is 0 Å². The van der Waals surface area contributed by atoms with Gasteiger partial charge in [0.1, 0.15) is 0 Å². The minimum Gasteiger partial charge on any atom is -0.135 e. The highest BCUT2D eigenvalue weighted by atomic mass is 32.1. The first-order valence-electron chi connectivity index (χ1n) is 6.80. The Morgan fingerprint density at radius 1 is 0.700 bits per heavy atom. The first-order chi connectivity index (χ1) is 9.83. The van der Waals surface area contributed by atoms with Gasteiger partial charge in [-0.2, -0.15) is 0 Å². The van der Waals surface area contributed by atoms with Crippen LogP contribution < -0.4 is 0 Å². The lowest BCUT2D eigenvalue weighted by atomic mass is 9.99. The Morgan fingerprint density at radius 3 is 2.35 bits per heavy atom. The molecule has 4 rings (SSSR count). The van der Waals surface area contributed by atoms with Crippen molar-refractivity contribution >= 4 is 31.5 Å². The summed E-state index contributed by atoms with van der Waals surface area (Å²) in [5.74, 6) is 0. The molecule has 4 aromatic rings.